The van der Waals surface area contributed by atoms with Crippen molar-refractivity contribution in [2.45, 2.75) is 6.92 Å². The minimum atomic E-state index is -1.75. The highest BCUT2D eigenvalue weighted by molar-refractivity contribution is 7.98. The molecule has 3 aromatic rings. The average molecular weight is 316 g/mol. The summed E-state index contributed by atoms with van der Waals surface area (Å²) in [5, 5.41) is 7.65. The predicted molar refractivity (Wildman–Crippen MR) is 103 cm³/mol. The Hall–Kier alpha value is -2.37. The summed E-state index contributed by atoms with van der Waals surface area (Å²) in [5.74, 6) is 2.38. The largest absolute Gasteiger partial charge is 0.356 e. The summed E-state index contributed by atoms with van der Waals surface area (Å²) < 4.78 is 0. The first kappa shape index (κ1) is 14.2. The summed E-state index contributed by atoms with van der Waals surface area (Å²) in [6, 6.07) is 28.6. The fourth-order valence-corrected chi connectivity index (χ4v) is 7.08. The van der Waals surface area contributed by atoms with Crippen molar-refractivity contribution >= 4 is 28.9 Å². The topological polar surface area (TPSA) is 12.0 Å². The Bertz CT molecular complexity index is 814. The average Bonchev–Trinajstić information content (AvgIpc) is 2.62. The number of aryl methyl sites for hydroxylation is 1. The molecule has 0 aromatic heterocycles. The van der Waals surface area contributed by atoms with Gasteiger partial charge in [-0.15, -0.1) is 0 Å². The van der Waals surface area contributed by atoms with Gasteiger partial charge in [-0.1, -0.05) is 42.5 Å². The van der Waals surface area contributed by atoms with Gasteiger partial charge >= 0.3 is 0 Å². The second kappa shape index (κ2) is 5.68. The highest BCUT2D eigenvalue weighted by atomic mass is 31.2. The molecule has 1 aliphatic rings. The molecule has 1 nitrogen and oxygen atoms in total. The number of rotatable bonds is 2. The summed E-state index contributed by atoms with van der Waals surface area (Å²) in [6.45, 7) is 2.14. The molecule has 2 heteroatoms. The van der Waals surface area contributed by atoms with E-state index in [1.165, 1.54) is 27.2 Å². The Labute approximate surface area is 138 Å². The van der Waals surface area contributed by atoms with Crippen LogP contribution in [0.4, 0.5) is 5.69 Å². The maximum Gasteiger partial charge on any atom is 0.140 e. The first-order valence-electron chi connectivity index (χ1n) is 7.86. The molecular weight excluding hydrogens is 297 g/mol. The normalized spacial score (nSPS) is 14.8. The lowest BCUT2D eigenvalue weighted by atomic mass is 10.2. The molecule has 0 bridgehead atoms. The SMILES string of the molecule is Cc1ccc2c(c1)NC=C[P+]2(c1ccccc1)c1ccccc1. The van der Waals surface area contributed by atoms with Gasteiger partial charge in [-0.3, -0.25) is 0 Å². The van der Waals surface area contributed by atoms with E-state index in [0.29, 0.717) is 0 Å². The minimum absolute atomic E-state index is 1.23. The van der Waals surface area contributed by atoms with Crippen molar-refractivity contribution in [1.29, 1.82) is 0 Å². The highest BCUT2D eigenvalue weighted by Gasteiger charge is 2.46. The second-order valence-electron chi connectivity index (χ2n) is 5.87. The number of hydrogen-bond acceptors (Lipinski definition) is 1. The third-order valence-corrected chi connectivity index (χ3v) is 8.37. The molecule has 0 fully saturated rings. The van der Waals surface area contributed by atoms with Crippen LogP contribution in [0.2, 0.25) is 0 Å². The van der Waals surface area contributed by atoms with Gasteiger partial charge in [0.05, 0.1) is 11.5 Å². The van der Waals surface area contributed by atoms with Gasteiger partial charge in [-0.2, -0.15) is 0 Å². The van der Waals surface area contributed by atoms with E-state index in [4.69, 9.17) is 0 Å². The van der Waals surface area contributed by atoms with Gasteiger partial charge in [-0.05, 0) is 48.9 Å². The van der Waals surface area contributed by atoms with Crippen LogP contribution in [0, 0.1) is 6.92 Å². The molecule has 0 radical (unpaired) electrons. The van der Waals surface area contributed by atoms with Gasteiger partial charge in [0.2, 0.25) is 0 Å². The Balaban J connectivity index is 2.06. The van der Waals surface area contributed by atoms with Gasteiger partial charge in [0, 0.05) is 6.20 Å². The van der Waals surface area contributed by atoms with Crippen LogP contribution in [-0.2, 0) is 0 Å². The maximum atomic E-state index is 3.44. The predicted octanol–water partition coefficient (Wildman–Crippen LogP) is 4.19. The second-order valence-corrected chi connectivity index (χ2v) is 9.13. The van der Waals surface area contributed by atoms with E-state index in [1.807, 2.05) is 0 Å². The van der Waals surface area contributed by atoms with Crippen LogP contribution < -0.4 is 21.2 Å². The van der Waals surface area contributed by atoms with Gasteiger partial charge < -0.3 is 5.32 Å². The molecule has 0 aliphatic carbocycles. The first-order chi connectivity index (χ1) is 11.3. The zero-order valence-corrected chi connectivity index (χ0v) is 14.0. The smallest absolute Gasteiger partial charge is 0.140 e. The molecule has 3 aromatic carbocycles. The van der Waals surface area contributed by atoms with Gasteiger partial charge in [0.25, 0.3) is 0 Å². The molecule has 4 rings (SSSR count). The summed E-state index contributed by atoms with van der Waals surface area (Å²) in [4.78, 5) is 0. The summed E-state index contributed by atoms with van der Waals surface area (Å²) >= 11 is 0. The van der Waals surface area contributed by atoms with E-state index in [9.17, 15) is 0 Å². The lowest BCUT2D eigenvalue weighted by molar-refractivity contribution is 1.46. The van der Waals surface area contributed by atoms with Gasteiger partial charge in [-0.25, -0.2) is 0 Å². The number of anilines is 1. The minimum Gasteiger partial charge on any atom is -0.356 e. The molecular formula is C21H19NP+. The lowest BCUT2D eigenvalue weighted by Crippen LogP contribution is -2.33. The van der Waals surface area contributed by atoms with Crippen LogP contribution in [0.15, 0.2) is 90.9 Å². The van der Waals surface area contributed by atoms with Crippen LogP contribution >= 0.6 is 7.26 Å². The Morgan fingerprint density at radius 2 is 1.35 bits per heavy atom. The molecule has 0 spiro atoms. The van der Waals surface area contributed by atoms with Crippen LogP contribution in [0.3, 0.4) is 0 Å². The highest BCUT2D eigenvalue weighted by Crippen LogP contribution is 2.59. The number of hydrogen-bond donors (Lipinski definition) is 1. The summed E-state index contributed by atoms with van der Waals surface area (Å²) in [5.41, 5.74) is 2.51. The number of benzene rings is 3. The first-order valence-corrected chi connectivity index (χ1v) is 9.72. The molecule has 0 atom stereocenters. The monoisotopic (exact) mass is 316 g/mol. The number of nitrogens with one attached hydrogen (secondary N) is 1. The van der Waals surface area contributed by atoms with E-state index in [2.05, 4.69) is 103 Å². The zero-order chi connectivity index (χ0) is 15.7. The van der Waals surface area contributed by atoms with E-state index in [-0.39, 0.29) is 0 Å². The quantitative estimate of drug-likeness (QED) is 0.699. The molecule has 23 heavy (non-hydrogen) atoms. The van der Waals surface area contributed by atoms with Crippen molar-refractivity contribution in [2.24, 2.45) is 0 Å². The molecule has 1 aliphatic heterocycles. The Morgan fingerprint density at radius 1 is 0.739 bits per heavy atom. The van der Waals surface area contributed by atoms with Crippen LogP contribution in [0.5, 0.6) is 0 Å². The standard InChI is InChI=1S/C21H19NP/c1-17-12-13-21-20(16-17)22-14-15-23(21,18-8-4-2-5-9-18)19-10-6-3-7-11-19/h2-16,22H,1H3/q+1. The number of fused-ring (bicyclic) bond motifs is 1. The maximum absolute atomic E-state index is 3.44. The Kier molecular flexibility index (Phi) is 3.52. The van der Waals surface area contributed by atoms with Crippen LogP contribution in [-0.4, -0.2) is 0 Å². The lowest BCUT2D eigenvalue weighted by Gasteiger charge is -2.28. The molecule has 112 valence electrons. The Morgan fingerprint density at radius 3 is 1.96 bits per heavy atom. The van der Waals surface area contributed by atoms with E-state index in [1.54, 1.807) is 0 Å². The molecule has 0 amide bonds. The van der Waals surface area contributed by atoms with E-state index >= 15 is 0 Å². The van der Waals surface area contributed by atoms with Crippen molar-refractivity contribution in [3.63, 3.8) is 0 Å². The van der Waals surface area contributed by atoms with Crippen LogP contribution in [0.1, 0.15) is 5.56 Å². The van der Waals surface area contributed by atoms with E-state index in [0.717, 1.165) is 0 Å². The summed E-state index contributed by atoms with van der Waals surface area (Å²) in [6.07, 6.45) is 2.12. The molecule has 0 saturated carbocycles. The third-order valence-electron chi connectivity index (χ3n) is 4.40. The molecule has 0 saturated heterocycles. The zero-order valence-electron chi connectivity index (χ0n) is 13.1. The third kappa shape index (κ3) is 2.29. The van der Waals surface area contributed by atoms with Crippen molar-refractivity contribution < 1.29 is 0 Å². The van der Waals surface area contributed by atoms with Gasteiger partial charge in [0.1, 0.15) is 23.2 Å². The fraction of sp³-hybridized carbons (Fsp3) is 0.0476. The summed E-state index contributed by atoms with van der Waals surface area (Å²) in [7, 11) is -1.75. The van der Waals surface area contributed by atoms with Crippen molar-refractivity contribution in [2.75, 3.05) is 5.32 Å². The molecule has 0 unspecified atom stereocenters. The molecule has 1 heterocycles. The van der Waals surface area contributed by atoms with Crippen LogP contribution in [0.25, 0.3) is 0 Å². The fourth-order valence-electron chi connectivity index (χ4n) is 3.32. The molecule has 1 N–H and O–H groups in total. The van der Waals surface area contributed by atoms with Crippen molar-refractivity contribution in [1.82, 2.24) is 0 Å². The van der Waals surface area contributed by atoms with Gasteiger partial charge in [0.15, 0.2) is 0 Å². The van der Waals surface area contributed by atoms with Crippen molar-refractivity contribution in [3.8, 4) is 0 Å². The van der Waals surface area contributed by atoms with Crippen molar-refractivity contribution in [3.05, 3.63) is 96.4 Å². The van der Waals surface area contributed by atoms with E-state index < -0.39 is 7.26 Å².